The number of fused-ring (bicyclic) bond motifs is 1. The van der Waals surface area contributed by atoms with Gasteiger partial charge in [0.15, 0.2) is 0 Å². The third-order valence-electron chi connectivity index (χ3n) is 4.75. The minimum Gasteiger partial charge on any atom is -0.497 e. The van der Waals surface area contributed by atoms with Gasteiger partial charge in [0.2, 0.25) is 0 Å². The molecule has 156 valence electrons. The van der Waals surface area contributed by atoms with E-state index < -0.39 is 16.0 Å². The Hall–Kier alpha value is -3.04. The molecule has 0 unspecified atom stereocenters. The predicted molar refractivity (Wildman–Crippen MR) is 114 cm³/mol. The largest absolute Gasteiger partial charge is 0.497 e. The number of aliphatic carboxylic acids is 1. The van der Waals surface area contributed by atoms with Crippen LogP contribution < -0.4 is 4.74 Å². The van der Waals surface area contributed by atoms with Gasteiger partial charge in [-0.2, -0.15) is 8.42 Å². The molecule has 0 spiro atoms. The zero-order valence-corrected chi connectivity index (χ0v) is 17.9. The van der Waals surface area contributed by atoms with Gasteiger partial charge in [-0.25, -0.2) is 3.97 Å². The summed E-state index contributed by atoms with van der Waals surface area (Å²) in [5, 5.41) is 9.70. The van der Waals surface area contributed by atoms with Gasteiger partial charge >= 0.3 is 5.97 Å². The molecule has 30 heavy (non-hydrogen) atoms. The summed E-state index contributed by atoms with van der Waals surface area (Å²) >= 11 is 1.12. The minimum atomic E-state index is -3.88. The fourth-order valence-corrected chi connectivity index (χ4v) is 6.02. The van der Waals surface area contributed by atoms with E-state index in [2.05, 4.69) is 0 Å². The Morgan fingerprint density at radius 3 is 2.67 bits per heavy atom. The number of carboxylic acid groups (broad SMARTS) is 1. The zero-order valence-electron chi connectivity index (χ0n) is 16.3. The van der Waals surface area contributed by atoms with Crippen LogP contribution in [-0.2, 0) is 21.2 Å². The summed E-state index contributed by atoms with van der Waals surface area (Å²) in [5.41, 5.74) is 1.10. The summed E-state index contributed by atoms with van der Waals surface area (Å²) in [4.78, 5) is 11.8. The Labute approximate surface area is 177 Å². The van der Waals surface area contributed by atoms with Crippen molar-refractivity contribution in [2.24, 2.45) is 0 Å². The van der Waals surface area contributed by atoms with Crippen LogP contribution in [0.3, 0.4) is 0 Å². The highest BCUT2D eigenvalue weighted by Gasteiger charge is 2.24. The smallest absolute Gasteiger partial charge is 0.303 e. The van der Waals surface area contributed by atoms with Gasteiger partial charge < -0.3 is 14.3 Å². The van der Waals surface area contributed by atoms with Gasteiger partial charge in [0.1, 0.15) is 21.5 Å². The molecule has 7 nitrogen and oxygen atoms in total. The van der Waals surface area contributed by atoms with E-state index in [9.17, 15) is 13.2 Å². The molecule has 9 heteroatoms. The first-order chi connectivity index (χ1) is 14.3. The molecule has 0 atom stereocenters. The van der Waals surface area contributed by atoms with Crippen LogP contribution in [0.4, 0.5) is 0 Å². The molecule has 0 radical (unpaired) electrons. The fourth-order valence-electron chi connectivity index (χ4n) is 3.27. The van der Waals surface area contributed by atoms with Crippen LogP contribution >= 0.6 is 11.3 Å². The first-order valence-electron chi connectivity index (χ1n) is 9.11. The molecular weight excluding hydrogens is 426 g/mol. The van der Waals surface area contributed by atoms with Gasteiger partial charge in [-0.1, -0.05) is 0 Å². The SMILES string of the molecule is COc1ccc2c(c1)c(CCC(=O)O)cn2S(=O)(=O)c1ccc(-c2ccc(C)o2)s1. The molecule has 0 aliphatic rings. The molecule has 4 aromatic rings. The van der Waals surface area contributed by atoms with Crippen LogP contribution in [0.25, 0.3) is 21.5 Å². The molecule has 0 saturated heterocycles. The monoisotopic (exact) mass is 445 g/mol. The molecule has 0 aliphatic carbocycles. The normalized spacial score (nSPS) is 11.8. The number of furan rings is 1. The lowest BCUT2D eigenvalue weighted by Crippen LogP contribution is -2.10. The van der Waals surface area contributed by atoms with Crippen LogP contribution in [0.1, 0.15) is 17.7 Å². The van der Waals surface area contributed by atoms with Crippen molar-refractivity contribution in [3.8, 4) is 16.4 Å². The lowest BCUT2D eigenvalue weighted by atomic mass is 10.1. The van der Waals surface area contributed by atoms with Crippen molar-refractivity contribution in [3.63, 3.8) is 0 Å². The maximum Gasteiger partial charge on any atom is 0.303 e. The number of carboxylic acids is 1. The number of aromatic nitrogens is 1. The van der Waals surface area contributed by atoms with E-state index in [0.717, 1.165) is 17.1 Å². The van der Waals surface area contributed by atoms with E-state index in [1.165, 1.54) is 17.3 Å². The summed E-state index contributed by atoms with van der Waals surface area (Å²) in [6.45, 7) is 1.83. The van der Waals surface area contributed by atoms with E-state index in [0.29, 0.717) is 32.9 Å². The van der Waals surface area contributed by atoms with Gasteiger partial charge in [-0.05, 0) is 61.4 Å². The van der Waals surface area contributed by atoms with Crippen molar-refractivity contribution in [2.45, 2.75) is 24.0 Å². The molecule has 1 aromatic carbocycles. The van der Waals surface area contributed by atoms with Crippen LogP contribution in [0.5, 0.6) is 5.75 Å². The maximum absolute atomic E-state index is 13.4. The summed E-state index contributed by atoms with van der Waals surface area (Å²) < 4.78 is 39.0. The number of methoxy groups -OCH3 is 1. The van der Waals surface area contributed by atoms with Gasteiger partial charge in [0.25, 0.3) is 10.0 Å². The molecule has 0 aliphatic heterocycles. The highest BCUT2D eigenvalue weighted by Crippen LogP contribution is 2.35. The topological polar surface area (TPSA) is 98.7 Å². The highest BCUT2D eigenvalue weighted by atomic mass is 32.2. The molecule has 3 aromatic heterocycles. The van der Waals surface area contributed by atoms with Crippen molar-refractivity contribution in [1.29, 1.82) is 0 Å². The van der Waals surface area contributed by atoms with Crippen molar-refractivity contribution < 1.29 is 27.5 Å². The third-order valence-corrected chi connectivity index (χ3v) is 7.99. The standard InChI is InChI=1S/C21H19NO6S2/c1-13-3-7-18(28-13)19-8-10-21(29-19)30(25,26)22-12-14(4-9-20(23)24)16-11-15(27-2)5-6-17(16)22/h3,5-8,10-12H,4,9H2,1-2H3,(H,23,24). The van der Waals surface area contributed by atoms with Crippen molar-refractivity contribution in [1.82, 2.24) is 3.97 Å². The van der Waals surface area contributed by atoms with Crippen molar-refractivity contribution in [2.75, 3.05) is 7.11 Å². The number of carbonyl (C=O) groups is 1. The van der Waals surface area contributed by atoms with Crippen LogP contribution in [0.15, 0.2) is 57.3 Å². The molecule has 0 amide bonds. The van der Waals surface area contributed by atoms with E-state index >= 15 is 0 Å². The van der Waals surface area contributed by atoms with Gasteiger partial charge in [-0.15, -0.1) is 11.3 Å². The Morgan fingerprint density at radius 1 is 1.20 bits per heavy atom. The average molecular weight is 446 g/mol. The lowest BCUT2D eigenvalue weighted by Gasteiger charge is -2.06. The Balaban J connectivity index is 1.81. The van der Waals surface area contributed by atoms with Gasteiger partial charge in [-0.3, -0.25) is 4.79 Å². The number of thiophene rings is 1. The summed E-state index contributed by atoms with van der Waals surface area (Å²) in [6.07, 6.45) is 1.61. The second kappa shape index (κ2) is 7.66. The Morgan fingerprint density at radius 2 is 2.00 bits per heavy atom. The first-order valence-corrected chi connectivity index (χ1v) is 11.4. The number of hydrogen-bond donors (Lipinski definition) is 1. The summed E-state index contributed by atoms with van der Waals surface area (Å²) in [5.74, 6) is 0.985. The van der Waals surface area contributed by atoms with Crippen LogP contribution in [-0.4, -0.2) is 30.6 Å². The van der Waals surface area contributed by atoms with Crippen molar-refractivity contribution >= 4 is 38.2 Å². The van der Waals surface area contributed by atoms with Crippen LogP contribution in [0.2, 0.25) is 0 Å². The highest BCUT2D eigenvalue weighted by molar-refractivity contribution is 7.92. The average Bonchev–Trinajstić information content (AvgIpc) is 3.44. The number of benzene rings is 1. The molecule has 0 fully saturated rings. The molecule has 4 rings (SSSR count). The predicted octanol–water partition coefficient (Wildman–Crippen LogP) is 4.53. The van der Waals surface area contributed by atoms with E-state index in [4.69, 9.17) is 14.3 Å². The Bertz CT molecular complexity index is 1340. The number of ether oxygens (including phenoxy) is 1. The van der Waals surface area contributed by atoms with E-state index in [1.54, 1.807) is 36.4 Å². The molecule has 0 bridgehead atoms. The second-order valence-corrected chi connectivity index (χ2v) is 9.89. The quantitative estimate of drug-likeness (QED) is 0.449. The van der Waals surface area contributed by atoms with Crippen molar-refractivity contribution in [3.05, 3.63) is 60.0 Å². The fraction of sp³-hybridized carbons (Fsp3) is 0.190. The zero-order chi connectivity index (χ0) is 21.5. The van der Waals surface area contributed by atoms with Gasteiger partial charge in [0, 0.05) is 18.0 Å². The maximum atomic E-state index is 13.4. The summed E-state index contributed by atoms with van der Waals surface area (Å²) in [7, 11) is -2.35. The third kappa shape index (κ3) is 3.61. The number of aryl methyl sites for hydroxylation is 2. The molecule has 0 saturated carbocycles. The number of nitrogens with zero attached hydrogens (tertiary/aromatic N) is 1. The molecular formula is C21H19NO6S2. The molecule has 3 heterocycles. The minimum absolute atomic E-state index is 0.0998. The number of rotatable bonds is 7. The number of hydrogen-bond acceptors (Lipinski definition) is 6. The second-order valence-electron chi connectivity index (χ2n) is 6.76. The Kier molecular flexibility index (Phi) is 5.17. The van der Waals surface area contributed by atoms with E-state index in [1.807, 2.05) is 13.0 Å². The molecule has 1 N–H and O–H groups in total. The van der Waals surface area contributed by atoms with Crippen LogP contribution in [0, 0.1) is 6.92 Å². The lowest BCUT2D eigenvalue weighted by molar-refractivity contribution is -0.136. The first kappa shape index (κ1) is 20.2. The van der Waals surface area contributed by atoms with Gasteiger partial charge in [0.05, 0.1) is 17.5 Å². The summed E-state index contributed by atoms with van der Waals surface area (Å²) in [6, 6.07) is 12.0. The van der Waals surface area contributed by atoms with E-state index in [-0.39, 0.29) is 17.1 Å².